The van der Waals surface area contributed by atoms with E-state index in [1.807, 2.05) is 21.1 Å². The van der Waals surface area contributed by atoms with Gasteiger partial charge in [-0.05, 0) is 25.2 Å². The summed E-state index contributed by atoms with van der Waals surface area (Å²) in [5.74, 6) is 0. The lowest BCUT2D eigenvalue weighted by molar-refractivity contribution is 0.784. The summed E-state index contributed by atoms with van der Waals surface area (Å²) >= 11 is 0. The lowest BCUT2D eigenvalue weighted by atomic mass is 10.1. The lowest BCUT2D eigenvalue weighted by Gasteiger charge is -2.11. The second-order valence-electron chi connectivity index (χ2n) is 4.25. The van der Waals surface area contributed by atoms with Crippen molar-refractivity contribution in [3.8, 4) is 11.3 Å². The van der Waals surface area contributed by atoms with Gasteiger partial charge in [0.25, 0.3) is 0 Å². The molecule has 2 N–H and O–H groups in total. The van der Waals surface area contributed by atoms with Crippen molar-refractivity contribution in [3.05, 3.63) is 36.0 Å². The second kappa shape index (κ2) is 5.01. The molecule has 0 amide bonds. The van der Waals surface area contributed by atoms with Crippen LogP contribution in [0.1, 0.15) is 5.69 Å². The number of nitrogens with zero attached hydrogens (tertiary/aromatic N) is 2. The number of H-pyrrole nitrogens is 1. The fourth-order valence-corrected chi connectivity index (χ4v) is 1.72. The normalized spacial score (nSPS) is 10.5. The first-order chi connectivity index (χ1) is 8.20. The van der Waals surface area contributed by atoms with Gasteiger partial charge in [0.1, 0.15) is 0 Å². The number of aromatic amines is 1. The molecule has 0 saturated carbocycles. The fraction of sp³-hybridized carbons (Fsp3) is 0.308. The van der Waals surface area contributed by atoms with Crippen LogP contribution in [0.25, 0.3) is 11.3 Å². The monoisotopic (exact) mass is 230 g/mol. The number of rotatable bonds is 4. The van der Waals surface area contributed by atoms with E-state index in [0.29, 0.717) is 0 Å². The van der Waals surface area contributed by atoms with E-state index in [1.165, 1.54) is 5.69 Å². The SMILES string of the molecule is CNCc1cc(-c2ccc(N(C)C)cc2)n[nH]1. The second-order valence-corrected chi connectivity index (χ2v) is 4.25. The maximum absolute atomic E-state index is 4.30. The molecule has 0 aliphatic carbocycles. The van der Waals surface area contributed by atoms with Gasteiger partial charge in [0, 0.05) is 37.6 Å². The van der Waals surface area contributed by atoms with Crippen LogP contribution in [-0.2, 0) is 6.54 Å². The number of nitrogens with one attached hydrogen (secondary N) is 2. The predicted octanol–water partition coefficient (Wildman–Crippen LogP) is 1.86. The summed E-state index contributed by atoms with van der Waals surface area (Å²) in [5.41, 5.74) is 4.41. The smallest absolute Gasteiger partial charge is 0.0924 e. The number of hydrogen-bond acceptors (Lipinski definition) is 3. The average molecular weight is 230 g/mol. The van der Waals surface area contributed by atoms with E-state index in [-0.39, 0.29) is 0 Å². The topological polar surface area (TPSA) is 44.0 Å². The fourth-order valence-electron chi connectivity index (χ4n) is 1.72. The highest BCUT2D eigenvalue weighted by Crippen LogP contribution is 2.21. The number of hydrogen-bond donors (Lipinski definition) is 2. The largest absolute Gasteiger partial charge is 0.378 e. The first-order valence-corrected chi connectivity index (χ1v) is 5.67. The molecule has 17 heavy (non-hydrogen) atoms. The molecule has 90 valence electrons. The third-order valence-electron chi connectivity index (χ3n) is 2.68. The Morgan fingerprint density at radius 1 is 1.24 bits per heavy atom. The summed E-state index contributed by atoms with van der Waals surface area (Å²) < 4.78 is 0. The standard InChI is InChI=1S/C13H18N4/c1-14-9-11-8-13(16-15-11)10-4-6-12(7-5-10)17(2)3/h4-8,14H,9H2,1-3H3,(H,15,16). The number of aromatic nitrogens is 2. The summed E-state index contributed by atoms with van der Waals surface area (Å²) in [5, 5.41) is 10.4. The molecule has 1 aromatic carbocycles. The molecular formula is C13H18N4. The van der Waals surface area contributed by atoms with E-state index in [4.69, 9.17) is 0 Å². The van der Waals surface area contributed by atoms with Gasteiger partial charge >= 0.3 is 0 Å². The minimum Gasteiger partial charge on any atom is -0.378 e. The van der Waals surface area contributed by atoms with E-state index in [0.717, 1.165) is 23.5 Å². The summed E-state index contributed by atoms with van der Waals surface area (Å²) in [6.07, 6.45) is 0. The van der Waals surface area contributed by atoms with Crippen molar-refractivity contribution >= 4 is 5.69 Å². The molecule has 0 aliphatic heterocycles. The summed E-state index contributed by atoms with van der Waals surface area (Å²) in [6.45, 7) is 0.808. The Morgan fingerprint density at radius 3 is 2.53 bits per heavy atom. The lowest BCUT2D eigenvalue weighted by Crippen LogP contribution is -2.07. The molecule has 0 spiro atoms. The molecule has 0 fully saturated rings. The molecule has 2 aromatic rings. The van der Waals surface area contributed by atoms with Crippen LogP contribution in [0.3, 0.4) is 0 Å². The first kappa shape index (κ1) is 11.7. The molecule has 0 unspecified atom stereocenters. The van der Waals surface area contributed by atoms with Gasteiger partial charge < -0.3 is 10.2 Å². The third kappa shape index (κ3) is 2.65. The quantitative estimate of drug-likeness (QED) is 0.842. The van der Waals surface area contributed by atoms with E-state index >= 15 is 0 Å². The number of anilines is 1. The zero-order valence-corrected chi connectivity index (χ0v) is 10.5. The van der Waals surface area contributed by atoms with Crippen LogP contribution in [-0.4, -0.2) is 31.3 Å². The highest BCUT2D eigenvalue weighted by atomic mass is 15.1. The van der Waals surface area contributed by atoms with Crippen molar-refractivity contribution in [2.75, 3.05) is 26.0 Å². The van der Waals surface area contributed by atoms with Crippen LogP contribution < -0.4 is 10.2 Å². The molecule has 0 bridgehead atoms. The van der Waals surface area contributed by atoms with Gasteiger partial charge in [0.15, 0.2) is 0 Å². The van der Waals surface area contributed by atoms with Crippen molar-refractivity contribution in [1.82, 2.24) is 15.5 Å². The maximum atomic E-state index is 4.30. The zero-order valence-electron chi connectivity index (χ0n) is 10.5. The highest BCUT2D eigenvalue weighted by molar-refractivity contribution is 5.63. The van der Waals surface area contributed by atoms with Crippen LogP contribution in [0.2, 0.25) is 0 Å². The minimum absolute atomic E-state index is 0.808. The van der Waals surface area contributed by atoms with E-state index in [9.17, 15) is 0 Å². The van der Waals surface area contributed by atoms with Crippen molar-refractivity contribution in [1.29, 1.82) is 0 Å². The van der Waals surface area contributed by atoms with Gasteiger partial charge in [0.05, 0.1) is 5.69 Å². The molecule has 0 saturated heterocycles. The Hall–Kier alpha value is -1.81. The first-order valence-electron chi connectivity index (χ1n) is 5.67. The summed E-state index contributed by atoms with van der Waals surface area (Å²) in [6, 6.07) is 10.5. The Kier molecular flexibility index (Phi) is 3.44. The average Bonchev–Trinajstić information content (AvgIpc) is 2.78. The Balaban J connectivity index is 2.21. The van der Waals surface area contributed by atoms with Crippen LogP contribution in [0.4, 0.5) is 5.69 Å². The van der Waals surface area contributed by atoms with Crippen molar-refractivity contribution in [2.24, 2.45) is 0 Å². The molecule has 0 radical (unpaired) electrons. The summed E-state index contributed by atoms with van der Waals surface area (Å²) in [7, 11) is 6.00. The van der Waals surface area contributed by atoms with Gasteiger partial charge in [-0.2, -0.15) is 5.10 Å². The zero-order chi connectivity index (χ0) is 12.3. The van der Waals surface area contributed by atoms with Crippen molar-refractivity contribution in [2.45, 2.75) is 6.54 Å². The Labute approximate surface area is 102 Å². The molecule has 0 aliphatic rings. The van der Waals surface area contributed by atoms with Gasteiger partial charge in [0.2, 0.25) is 0 Å². The molecule has 4 heteroatoms. The van der Waals surface area contributed by atoms with Crippen molar-refractivity contribution < 1.29 is 0 Å². The molecule has 2 rings (SSSR count). The van der Waals surface area contributed by atoms with Gasteiger partial charge in [-0.1, -0.05) is 12.1 Å². The molecule has 1 aromatic heterocycles. The van der Waals surface area contributed by atoms with Crippen LogP contribution in [0, 0.1) is 0 Å². The maximum Gasteiger partial charge on any atom is 0.0924 e. The molecular weight excluding hydrogens is 212 g/mol. The van der Waals surface area contributed by atoms with Gasteiger partial charge in [-0.15, -0.1) is 0 Å². The van der Waals surface area contributed by atoms with Crippen LogP contribution >= 0.6 is 0 Å². The minimum atomic E-state index is 0.808. The van der Waals surface area contributed by atoms with Crippen molar-refractivity contribution in [3.63, 3.8) is 0 Å². The van der Waals surface area contributed by atoms with E-state index < -0.39 is 0 Å². The van der Waals surface area contributed by atoms with Gasteiger partial charge in [-0.25, -0.2) is 0 Å². The van der Waals surface area contributed by atoms with Crippen LogP contribution in [0.15, 0.2) is 30.3 Å². The van der Waals surface area contributed by atoms with Gasteiger partial charge in [-0.3, -0.25) is 5.10 Å². The van der Waals surface area contributed by atoms with E-state index in [1.54, 1.807) is 0 Å². The molecule has 0 atom stereocenters. The number of benzene rings is 1. The molecule has 4 nitrogen and oxygen atoms in total. The summed E-state index contributed by atoms with van der Waals surface area (Å²) in [4.78, 5) is 2.08. The van der Waals surface area contributed by atoms with Crippen LogP contribution in [0.5, 0.6) is 0 Å². The Morgan fingerprint density at radius 2 is 1.94 bits per heavy atom. The highest BCUT2D eigenvalue weighted by Gasteiger charge is 2.03. The Bertz CT molecular complexity index is 470. The molecule has 1 heterocycles. The predicted molar refractivity (Wildman–Crippen MR) is 71.1 cm³/mol. The third-order valence-corrected chi connectivity index (χ3v) is 2.68. The van der Waals surface area contributed by atoms with E-state index in [2.05, 4.69) is 50.7 Å².